The third kappa shape index (κ3) is 5.72. The predicted molar refractivity (Wildman–Crippen MR) is 122 cm³/mol. The van der Waals surface area contributed by atoms with E-state index in [1.807, 2.05) is 0 Å². The first-order valence-electron chi connectivity index (χ1n) is 10.6. The van der Waals surface area contributed by atoms with Gasteiger partial charge in [0.15, 0.2) is 6.61 Å². The molecule has 3 rings (SSSR count). The van der Waals surface area contributed by atoms with Crippen LogP contribution in [0.25, 0.3) is 0 Å². The number of methoxy groups -OCH3 is 1. The smallest absolute Gasteiger partial charge is 0.276 e. The molecule has 4 amide bonds. The average molecular weight is 484 g/mol. The molecule has 184 valence electrons. The Hall–Kier alpha value is -4.48. The normalized spacial score (nSPS) is 15.2. The van der Waals surface area contributed by atoms with Crippen LogP contribution in [0.4, 0.5) is 11.4 Å². The van der Waals surface area contributed by atoms with Gasteiger partial charge < -0.3 is 9.47 Å². The maximum absolute atomic E-state index is 13.1. The van der Waals surface area contributed by atoms with Crippen LogP contribution in [0.2, 0.25) is 0 Å². The Morgan fingerprint density at radius 3 is 2.43 bits per heavy atom. The number of benzene rings is 2. The number of nitrogens with one attached hydrogen (secondary N) is 1. The van der Waals surface area contributed by atoms with Crippen LogP contribution < -0.4 is 19.8 Å². The van der Waals surface area contributed by atoms with Gasteiger partial charge in [0.1, 0.15) is 17.5 Å². The lowest BCUT2D eigenvalue weighted by Gasteiger charge is -2.29. The summed E-state index contributed by atoms with van der Waals surface area (Å²) in [6.45, 7) is 2.70. The molecule has 0 bridgehead atoms. The van der Waals surface area contributed by atoms with Gasteiger partial charge in [-0.25, -0.2) is 9.91 Å². The number of anilines is 1. The lowest BCUT2D eigenvalue weighted by atomic mass is 10.1. The van der Waals surface area contributed by atoms with Crippen LogP contribution in [-0.4, -0.2) is 53.3 Å². The molecule has 1 fully saturated rings. The molecule has 12 heteroatoms. The van der Waals surface area contributed by atoms with Crippen LogP contribution in [0.1, 0.15) is 20.3 Å². The van der Waals surface area contributed by atoms with Crippen molar-refractivity contribution in [3.8, 4) is 11.5 Å². The summed E-state index contributed by atoms with van der Waals surface area (Å²) in [5.74, 6) is -2.38. The number of imide groups is 1. The number of non-ortho nitro benzene ring substituents is 1. The van der Waals surface area contributed by atoms with Gasteiger partial charge in [0, 0.05) is 18.1 Å². The third-order valence-electron chi connectivity index (χ3n) is 5.14. The van der Waals surface area contributed by atoms with E-state index in [9.17, 15) is 29.3 Å². The minimum absolute atomic E-state index is 0.00260. The quantitative estimate of drug-likeness (QED) is 0.339. The second-order valence-corrected chi connectivity index (χ2v) is 7.93. The Bertz CT molecular complexity index is 1150. The van der Waals surface area contributed by atoms with E-state index < -0.39 is 53.5 Å². The lowest BCUT2D eigenvalue weighted by molar-refractivity contribution is -0.384. The Labute approximate surface area is 200 Å². The highest BCUT2D eigenvalue weighted by molar-refractivity contribution is 6.23. The van der Waals surface area contributed by atoms with Crippen molar-refractivity contribution in [3.05, 3.63) is 58.6 Å². The second-order valence-electron chi connectivity index (χ2n) is 7.93. The number of hydrazine groups is 1. The Balaban J connectivity index is 1.76. The Kier molecular flexibility index (Phi) is 7.64. The molecule has 0 radical (unpaired) electrons. The zero-order valence-electron chi connectivity index (χ0n) is 19.3. The standard InChI is InChI=1S/C23H24N4O8/c1-14(2)22(30)26(24-20(28)13-35-18-9-7-17(34-3)8-10-18)19-12-21(29)25(23(19)31)15-5-4-6-16(11-15)27(32)33/h4-11,14,19H,12-13H2,1-3H3,(H,24,28). The zero-order chi connectivity index (χ0) is 25.7. The highest BCUT2D eigenvalue weighted by Gasteiger charge is 2.45. The van der Waals surface area contributed by atoms with Crippen LogP contribution in [0.3, 0.4) is 0 Å². The van der Waals surface area contributed by atoms with Crippen molar-refractivity contribution in [2.75, 3.05) is 18.6 Å². The van der Waals surface area contributed by atoms with Crippen LogP contribution in [0, 0.1) is 16.0 Å². The first-order valence-corrected chi connectivity index (χ1v) is 10.6. The topological polar surface area (TPSA) is 148 Å². The lowest BCUT2D eigenvalue weighted by Crippen LogP contribution is -2.56. The summed E-state index contributed by atoms with van der Waals surface area (Å²) < 4.78 is 10.5. The van der Waals surface area contributed by atoms with E-state index in [0.717, 1.165) is 16.0 Å². The van der Waals surface area contributed by atoms with Gasteiger partial charge in [-0.3, -0.25) is 34.7 Å². The van der Waals surface area contributed by atoms with Gasteiger partial charge in [-0.1, -0.05) is 19.9 Å². The number of nitro groups is 1. The largest absolute Gasteiger partial charge is 0.497 e. The highest BCUT2D eigenvalue weighted by atomic mass is 16.6. The molecule has 2 aromatic carbocycles. The molecule has 1 N–H and O–H groups in total. The van der Waals surface area contributed by atoms with E-state index in [2.05, 4.69) is 5.43 Å². The van der Waals surface area contributed by atoms with Crippen molar-refractivity contribution < 1.29 is 33.6 Å². The van der Waals surface area contributed by atoms with Crippen molar-refractivity contribution in [1.82, 2.24) is 10.4 Å². The molecule has 1 aliphatic rings. The molecule has 1 heterocycles. The summed E-state index contributed by atoms with van der Waals surface area (Å²) >= 11 is 0. The van der Waals surface area contributed by atoms with Crippen molar-refractivity contribution in [2.45, 2.75) is 26.3 Å². The van der Waals surface area contributed by atoms with Crippen molar-refractivity contribution in [3.63, 3.8) is 0 Å². The van der Waals surface area contributed by atoms with E-state index >= 15 is 0 Å². The Morgan fingerprint density at radius 1 is 1.17 bits per heavy atom. The minimum atomic E-state index is -1.32. The molecule has 1 atom stereocenters. The number of ether oxygens (including phenoxy) is 2. The van der Waals surface area contributed by atoms with Gasteiger partial charge in [-0.2, -0.15) is 0 Å². The van der Waals surface area contributed by atoms with Gasteiger partial charge >= 0.3 is 0 Å². The molecule has 2 aromatic rings. The fourth-order valence-electron chi connectivity index (χ4n) is 3.39. The van der Waals surface area contributed by atoms with Gasteiger partial charge in [-0.15, -0.1) is 0 Å². The zero-order valence-corrected chi connectivity index (χ0v) is 19.3. The van der Waals surface area contributed by atoms with Crippen molar-refractivity contribution >= 4 is 35.0 Å². The number of carbonyl (C=O) groups is 4. The van der Waals surface area contributed by atoms with Crippen LogP contribution in [0.15, 0.2) is 48.5 Å². The van der Waals surface area contributed by atoms with Crippen molar-refractivity contribution in [1.29, 1.82) is 0 Å². The van der Waals surface area contributed by atoms with E-state index in [4.69, 9.17) is 9.47 Å². The Morgan fingerprint density at radius 2 is 1.83 bits per heavy atom. The monoisotopic (exact) mass is 484 g/mol. The molecular weight excluding hydrogens is 460 g/mol. The first-order chi connectivity index (χ1) is 16.6. The molecule has 35 heavy (non-hydrogen) atoms. The van der Waals surface area contributed by atoms with Gasteiger partial charge in [0.25, 0.3) is 17.5 Å². The maximum Gasteiger partial charge on any atom is 0.276 e. The van der Waals surface area contributed by atoms with Crippen LogP contribution in [0.5, 0.6) is 11.5 Å². The molecule has 1 aliphatic heterocycles. The number of carbonyl (C=O) groups excluding carboxylic acids is 4. The number of hydrogen-bond donors (Lipinski definition) is 1. The number of hydrogen-bond acceptors (Lipinski definition) is 8. The van der Waals surface area contributed by atoms with Crippen LogP contribution >= 0.6 is 0 Å². The number of nitro benzene ring substituents is 1. The fraction of sp³-hybridized carbons (Fsp3) is 0.304. The molecule has 12 nitrogen and oxygen atoms in total. The summed E-state index contributed by atoms with van der Waals surface area (Å²) in [5.41, 5.74) is 2.07. The number of amides is 4. The van der Waals surface area contributed by atoms with Gasteiger partial charge in [-0.05, 0) is 30.3 Å². The summed E-state index contributed by atoms with van der Waals surface area (Å²) in [6, 6.07) is 10.2. The summed E-state index contributed by atoms with van der Waals surface area (Å²) in [7, 11) is 1.51. The average Bonchev–Trinajstić information content (AvgIpc) is 3.14. The summed E-state index contributed by atoms with van der Waals surface area (Å²) in [4.78, 5) is 62.4. The first kappa shape index (κ1) is 25.1. The fourth-order valence-corrected chi connectivity index (χ4v) is 3.39. The van der Waals surface area contributed by atoms with E-state index in [0.29, 0.717) is 11.5 Å². The third-order valence-corrected chi connectivity index (χ3v) is 5.14. The van der Waals surface area contributed by atoms with E-state index in [1.54, 1.807) is 38.1 Å². The number of nitrogens with zero attached hydrogens (tertiary/aromatic N) is 3. The second kappa shape index (κ2) is 10.6. The minimum Gasteiger partial charge on any atom is -0.497 e. The molecule has 0 spiro atoms. The highest BCUT2D eigenvalue weighted by Crippen LogP contribution is 2.28. The summed E-state index contributed by atoms with van der Waals surface area (Å²) in [5, 5.41) is 11.9. The van der Waals surface area contributed by atoms with E-state index in [1.165, 1.54) is 25.3 Å². The summed E-state index contributed by atoms with van der Waals surface area (Å²) in [6.07, 6.45) is -0.403. The predicted octanol–water partition coefficient (Wildman–Crippen LogP) is 1.83. The molecule has 1 saturated heterocycles. The molecule has 0 aliphatic carbocycles. The molecule has 0 aromatic heterocycles. The number of rotatable bonds is 8. The van der Waals surface area contributed by atoms with Crippen LogP contribution in [-0.2, 0) is 19.2 Å². The van der Waals surface area contributed by atoms with E-state index in [-0.39, 0.29) is 11.4 Å². The van der Waals surface area contributed by atoms with Gasteiger partial charge in [0.2, 0.25) is 11.8 Å². The van der Waals surface area contributed by atoms with Gasteiger partial charge in [0.05, 0.1) is 24.1 Å². The molecule has 1 unspecified atom stereocenters. The molecule has 0 saturated carbocycles. The maximum atomic E-state index is 13.1. The SMILES string of the molecule is COc1ccc(OCC(=O)NN(C(=O)C(C)C)C2CC(=O)N(c3cccc([N+](=O)[O-])c3)C2=O)cc1. The van der Waals surface area contributed by atoms with Crippen molar-refractivity contribution in [2.24, 2.45) is 5.92 Å². The molecular formula is C23H24N4O8.